The molecule has 1 fully saturated rings. The Bertz CT molecular complexity index is 1560. The van der Waals surface area contributed by atoms with Gasteiger partial charge in [0.15, 0.2) is 18.3 Å². The molecule has 0 N–H and O–H groups in total. The highest BCUT2D eigenvalue weighted by atomic mass is 16.7. The van der Waals surface area contributed by atoms with E-state index in [1.165, 1.54) is 0 Å². The molecule has 5 atom stereocenters. The first-order valence-electron chi connectivity index (χ1n) is 12.3. The lowest BCUT2D eigenvalue weighted by Crippen LogP contribution is -2.64. The van der Waals surface area contributed by atoms with Crippen molar-refractivity contribution in [1.82, 2.24) is 0 Å². The molecule has 39 heavy (non-hydrogen) atoms. The minimum absolute atomic E-state index is 0.374. The number of esters is 4. The maximum atomic E-state index is 12.7. The van der Waals surface area contributed by atoms with Crippen molar-refractivity contribution < 1.29 is 47.6 Å². The van der Waals surface area contributed by atoms with Crippen molar-refractivity contribution in [3.63, 3.8) is 0 Å². The van der Waals surface area contributed by atoms with E-state index in [9.17, 15) is 19.2 Å². The molecule has 4 aromatic rings. The Morgan fingerprint density at radius 3 is 1.82 bits per heavy atom. The van der Waals surface area contributed by atoms with E-state index >= 15 is 0 Å². The van der Waals surface area contributed by atoms with Gasteiger partial charge < -0.3 is 28.4 Å². The molecule has 10 heteroatoms. The van der Waals surface area contributed by atoms with E-state index in [0.29, 0.717) is 5.75 Å². The molecule has 0 spiro atoms. The van der Waals surface area contributed by atoms with Crippen molar-refractivity contribution in [2.24, 2.45) is 0 Å². The van der Waals surface area contributed by atoms with Crippen molar-refractivity contribution in [3.05, 3.63) is 54.6 Å². The predicted molar refractivity (Wildman–Crippen MR) is 138 cm³/mol. The first-order chi connectivity index (χ1) is 18.7. The van der Waals surface area contributed by atoms with E-state index in [0.717, 1.165) is 60.2 Å². The molecule has 0 saturated carbocycles. The molecule has 1 saturated heterocycles. The van der Waals surface area contributed by atoms with Crippen LogP contribution >= 0.6 is 0 Å². The molecule has 1 aliphatic rings. The number of carbonyl (C=O) groups is 4. The van der Waals surface area contributed by atoms with Gasteiger partial charge in [-0.25, -0.2) is 4.79 Å². The fourth-order valence-corrected chi connectivity index (χ4v) is 5.11. The van der Waals surface area contributed by atoms with E-state index < -0.39 is 54.6 Å². The normalized spacial score (nSPS) is 22.9. The Balaban J connectivity index is 1.62. The zero-order valence-electron chi connectivity index (χ0n) is 21.7. The monoisotopic (exact) mass is 534 g/mol. The molecule has 0 aromatic heterocycles. The third kappa shape index (κ3) is 4.90. The van der Waals surface area contributed by atoms with Gasteiger partial charge in [0.25, 0.3) is 0 Å². The first kappa shape index (κ1) is 26.2. The minimum atomic E-state index is -1.54. The van der Waals surface area contributed by atoms with Gasteiger partial charge in [-0.15, -0.1) is 0 Å². The second-order valence-electron chi connectivity index (χ2n) is 9.21. The Labute approximate surface area is 223 Å². The summed E-state index contributed by atoms with van der Waals surface area (Å²) in [6.07, 6.45) is -7.27. The van der Waals surface area contributed by atoms with Crippen LogP contribution in [0, 0.1) is 0 Å². The van der Waals surface area contributed by atoms with Crippen molar-refractivity contribution in [2.75, 3.05) is 7.11 Å². The Hall–Kier alpha value is -4.44. The number of rotatable bonds is 6. The summed E-state index contributed by atoms with van der Waals surface area (Å²) < 4.78 is 33.3. The Morgan fingerprint density at radius 1 is 0.667 bits per heavy atom. The summed E-state index contributed by atoms with van der Waals surface area (Å²) >= 11 is 0. The molecule has 202 valence electrons. The molecule has 0 aliphatic carbocycles. The summed E-state index contributed by atoms with van der Waals surface area (Å²) in [4.78, 5) is 48.8. The van der Waals surface area contributed by atoms with Crippen LogP contribution in [0.3, 0.4) is 0 Å². The fourth-order valence-electron chi connectivity index (χ4n) is 5.11. The SMILES string of the molecule is COC(=O)[C@H]1O[C@@H](Oc2ccc3ccc4cccc5ccc2c3c45)[C@H](OC(C)=O)[C@@H](OC(C)=O)[C@@H]1OC(C)=O. The van der Waals surface area contributed by atoms with Crippen molar-refractivity contribution >= 4 is 56.2 Å². The molecule has 1 aliphatic heterocycles. The number of methoxy groups -OCH3 is 1. The van der Waals surface area contributed by atoms with E-state index in [1.807, 2.05) is 48.5 Å². The topological polar surface area (TPSA) is 124 Å². The summed E-state index contributed by atoms with van der Waals surface area (Å²) in [6, 6.07) is 17.6. The summed E-state index contributed by atoms with van der Waals surface area (Å²) in [7, 11) is 1.13. The summed E-state index contributed by atoms with van der Waals surface area (Å²) in [5.74, 6) is -2.80. The molecular formula is C29H26O10. The van der Waals surface area contributed by atoms with Crippen molar-refractivity contribution in [3.8, 4) is 5.75 Å². The van der Waals surface area contributed by atoms with Crippen LogP contribution in [0.5, 0.6) is 5.75 Å². The van der Waals surface area contributed by atoms with Crippen LogP contribution in [0.4, 0.5) is 0 Å². The van der Waals surface area contributed by atoms with Crippen LogP contribution in [0.15, 0.2) is 54.6 Å². The van der Waals surface area contributed by atoms with Gasteiger partial charge in [-0.1, -0.05) is 42.5 Å². The van der Waals surface area contributed by atoms with Crippen LogP contribution < -0.4 is 4.74 Å². The van der Waals surface area contributed by atoms with Gasteiger partial charge in [0.1, 0.15) is 5.75 Å². The largest absolute Gasteiger partial charge is 0.467 e. The minimum Gasteiger partial charge on any atom is -0.467 e. The first-order valence-corrected chi connectivity index (χ1v) is 12.3. The van der Waals surface area contributed by atoms with Crippen molar-refractivity contribution in [1.29, 1.82) is 0 Å². The lowest BCUT2D eigenvalue weighted by Gasteiger charge is -2.43. The Morgan fingerprint density at radius 2 is 1.21 bits per heavy atom. The van der Waals surface area contributed by atoms with Crippen LogP contribution in [-0.2, 0) is 42.9 Å². The molecule has 0 bridgehead atoms. The quantitative estimate of drug-likeness (QED) is 0.206. The van der Waals surface area contributed by atoms with Crippen LogP contribution in [-0.4, -0.2) is 61.7 Å². The fraction of sp³-hybridized carbons (Fsp3) is 0.310. The average Bonchev–Trinajstić information content (AvgIpc) is 2.90. The van der Waals surface area contributed by atoms with E-state index in [2.05, 4.69) is 0 Å². The average molecular weight is 535 g/mol. The number of carbonyl (C=O) groups excluding carboxylic acids is 4. The number of ether oxygens (including phenoxy) is 6. The molecule has 1 heterocycles. The smallest absolute Gasteiger partial charge is 0.339 e. The van der Waals surface area contributed by atoms with Gasteiger partial charge in [-0.2, -0.15) is 0 Å². The molecule has 4 aromatic carbocycles. The Kier molecular flexibility index (Phi) is 6.96. The summed E-state index contributed by atoms with van der Waals surface area (Å²) in [6.45, 7) is 3.41. The highest BCUT2D eigenvalue weighted by molar-refractivity contribution is 6.24. The van der Waals surface area contributed by atoms with E-state index in [4.69, 9.17) is 28.4 Å². The van der Waals surface area contributed by atoms with Gasteiger partial charge in [0.2, 0.25) is 12.4 Å². The van der Waals surface area contributed by atoms with Crippen molar-refractivity contribution in [2.45, 2.75) is 51.5 Å². The van der Waals surface area contributed by atoms with Crippen LogP contribution in [0.2, 0.25) is 0 Å². The maximum absolute atomic E-state index is 12.7. The number of benzene rings is 4. The summed E-state index contributed by atoms with van der Waals surface area (Å²) in [5.41, 5.74) is 0. The molecular weight excluding hydrogens is 508 g/mol. The summed E-state index contributed by atoms with van der Waals surface area (Å²) in [5, 5.41) is 5.87. The third-order valence-electron chi connectivity index (χ3n) is 6.57. The highest BCUT2D eigenvalue weighted by Crippen LogP contribution is 2.40. The van der Waals surface area contributed by atoms with Crippen LogP contribution in [0.25, 0.3) is 32.3 Å². The standard InChI is InChI=1S/C29H26O10/c1-14(30)35-24-25(36-15(2)31)27(37-16(3)32)29(39-26(24)28(33)34-4)38-21-13-11-19-9-8-17-6-5-7-18-10-12-20(21)23(19)22(17)18/h5-13,24-27,29H,1-4H3/t24-,25-,26-,27+,29+/m0/s1. The maximum Gasteiger partial charge on any atom is 0.339 e. The van der Waals surface area contributed by atoms with Gasteiger partial charge in [0.05, 0.1) is 7.11 Å². The van der Waals surface area contributed by atoms with E-state index in [-0.39, 0.29) is 0 Å². The lowest BCUT2D eigenvalue weighted by molar-refractivity contribution is -0.282. The van der Waals surface area contributed by atoms with Gasteiger partial charge in [0, 0.05) is 31.5 Å². The van der Waals surface area contributed by atoms with Gasteiger partial charge >= 0.3 is 23.9 Å². The second kappa shape index (κ2) is 10.4. The molecule has 5 rings (SSSR count). The number of hydrogen-bond donors (Lipinski definition) is 0. The van der Waals surface area contributed by atoms with E-state index in [1.54, 1.807) is 6.07 Å². The van der Waals surface area contributed by atoms with Gasteiger partial charge in [-0.05, 0) is 33.7 Å². The molecule has 0 unspecified atom stereocenters. The lowest BCUT2D eigenvalue weighted by atomic mass is 9.94. The molecule has 0 radical (unpaired) electrons. The third-order valence-corrected chi connectivity index (χ3v) is 6.57. The van der Waals surface area contributed by atoms with Gasteiger partial charge in [-0.3, -0.25) is 14.4 Å². The van der Waals surface area contributed by atoms with Crippen LogP contribution in [0.1, 0.15) is 20.8 Å². The second-order valence-corrected chi connectivity index (χ2v) is 9.21. The highest BCUT2D eigenvalue weighted by Gasteiger charge is 2.55. The predicted octanol–water partition coefficient (Wildman–Crippen LogP) is 3.66. The zero-order chi connectivity index (χ0) is 27.8. The zero-order valence-corrected chi connectivity index (χ0v) is 21.7. The number of hydrogen-bond acceptors (Lipinski definition) is 10. The molecule has 0 amide bonds. The molecule has 10 nitrogen and oxygen atoms in total.